The van der Waals surface area contributed by atoms with Gasteiger partial charge in [0.05, 0.1) is 15.9 Å². The summed E-state index contributed by atoms with van der Waals surface area (Å²) in [6.45, 7) is 0. The van der Waals surface area contributed by atoms with Gasteiger partial charge in [0.2, 0.25) is 9.84 Å². The van der Waals surface area contributed by atoms with Gasteiger partial charge in [0.25, 0.3) is 15.7 Å². The molecule has 2 rings (SSSR count). The first kappa shape index (κ1) is 19.1. The van der Waals surface area contributed by atoms with Crippen LogP contribution in [0.1, 0.15) is 0 Å². The zero-order chi connectivity index (χ0) is 19.4. The van der Waals surface area contributed by atoms with Crippen LogP contribution in [0.15, 0.2) is 69.8 Å². The Balaban J connectivity index is 2.34. The number of para-hydroxylation sites is 1. The van der Waals surface area contributed by atoms with Crippen molar-refractivity contribution in [3.63, 3.8) is 0 Å². The lowest BCUT2D eigenvalue weighted by molar-refractivity contribution is -0.387. The van der Waals surface area contributed by atoms with Gasteiger partial charge in [-0.15, -0.1) is 0 Å². The van der Waals surface area contributed by atoms with Crippen molar-refractivity contribution in [2.24, 2.45) is 0 Å². The first-order chi connectivity index (χ1) is 12.2. The second-order valence-electron chi connectivity index (χ2n) is 4.83. The maximum absolute atomic E-state index is 12.4. The van der Waals surface area contributed by atoms with Crippen LogP contribution in [0.3, 0.4) is 0 Å². The summed E-state index contributed by atoms with van der Waals surface area (Å²) < 4.78 is 50.6. The first-order valence-electron chi connectivity index (χ1n) is 6.85. The summed E-state index contributed by atoms with van der Waals surface area (Å²) in [7, 11) is -8.07. The van der Waals surface area contributed by atoms with Gasteiger partial charge in [-0.3, -0.25) is 14.8 Å². The second kappa shape index (κ2) is 7.34. The molecule has 0 amide bonds. The number of sulfonamides is 1. The van der Waals surface area contributed by atoms with Gasteiger partial charge in [-0.25, -0.2) is 16.8 Å². The zero-order valence-electron chi connectivity index (χ0n) is 12.9. The number of hydrogen-bond donors (Lipinski definition) is 1. The van der Waals surface area contributed by atoms with E-state index in [1.165, 1.54) is 24.3 Å². The van der Waals surface area contributed by atoms with Gasteiger partial charge in [0.15, 0.2) is 4.90 Å². The third kappa shape index (κ3) is 4.24. The third-order valence-electron chi connectivity index (χ3n) is 3.11. The summed E-state index contributed by atoms with van der Waals surface area (Å²) in [4.78, 5) is 9.51. The maximum Gasteiger partial charge on any atom is 0.289 e. The SMILES string of the molecule is N#CC=CS(=O)(=O)c1ccc(NS(=O)(=O)c2ccccc2[N+](=O)[O-])cc1. The molecule has 11 heteroatoms. The molecule has 0 fully saturated rings. The molecule has 0 aliphatic heterocycles. The molecule has 0 spiro atoms. The Morgan fingerprint density at radius 1 is 1.04 bits per heavy atom. The standard InChI is InChI=1S/C15H11N3O6S2/c16-10-3-11-25(21,22)13-8-6-12(7-9-13)17-26(23,24)15-5-2-1-4-14(15)18(19)20/h1-9,11,17H. The largest absolute Gasteiger partial charge is 0.289 e. The summed E-state index contributed by atoms with van der Waals surface area (Å²) in [6, 6.07) is 11.1. The number of benzene rings is 2. The van der Waals surface area contributed by atoms with Crippen LogP contribution in [0.4, 0.5) is 11.4 Å². The molecule has 2 aromatic rings. The van der Waals surface area contributed by atoms with Crippen molar-refractivity contribution >= 4 is 31.2 Å². The number of allylic oxidation sites excluding steroid dienone is 1. The minimum Gasteiger partial charge on any atom is -0.279 e. The van der Waals surface area contributed by atoms with Crippen molar-refractivity contribution in [1.29, 1.82) is 5.26 Å². The van der Waals surface area contributed by atoms with Crippen molar-refractivity contribution in [3.05, 3.63) is 70.1 Å². The predicted molar refractivity (Wildman–Crippen MR) is 92.3 cm³/mol. The van der Waals surface area contributed by atoms with E-state index in [1.807, 2.05) is 0 Å². The third-order valence-corrected chi connectivity index (χ3v) is 5.96. The summed E-state index contributed by atoms with van der Waals surface area (Å²) in [5.41, 5.74) is -0.563. The number of anilines is 1. The summed E-state index contributed by atoms with van der Waals surface area (Å²) in [5, 5.41) is 20.1. The number of nitro benzene ring substituents is 1. The van der Waals surface area contributed by atoms with E-state index in [1.54, 1.807) is 6.07 Å². The molecule has 0 aromatic heterocycles. The lowest BCUT2D eigenvalue weighted by Crippen LogP contribution is -2.14. The fourth-order valence-electron chi connectivity index (χ4n) is 1.96. The van der Waals surface area contributed by atoms with Crippen LogP contribution < -0.4 is 4.72 Å². The molecule has 1 N–H and O–H groups in total. The molecule has 134 valence electrons. The van der Waals surface area contributed by atoms with Gasteiger partial charge in [0, 0.05) is 23.2 Å². The van der Waals surface area contributed by atoms with Crippen LogP contribution in [0, 0.1) is 21.4 Å². The molecule has 26 heavy (non-hydrogen) atoms. The van der Waals surface area contributed by atoms with E-state index >= 15 is 0 Å². The van der Waals surface area contributed by atoms with Crippen molar-refractivity contribution < 1.29 is 21.8 Å². The molecule has 0 aliphatic rings. The maximum atomic E-state index is 12.4. The van der Waals surface area contributed by atoms with Crippen LogP contribution in [-0.4, -0.2) is 21.8 Å². The highest BCUT2D eigenvalue weighted by atomic mass is 32.2. The van der Waals surface area contributed by atoms with Crippen LogP contribution >= 0.6 is 0 Å². The van der Waals surface area contributed by atoms with Crippen LogP contribution in [0.2, 0.25) is 0 Å². The van der Waals surface area contributed by atoms with Crippen LogP contribution in [0.5, 0.6) is 0 Å². The van der Waals surface area contributed by atoms with E-state index in [-0.39, 0.29) is 10.6 Å². The normalized spacial score (nSPS) is 11.8. The Labute approximate surface area is 149 Å². The molecule has 0 bridgehead atoms. The molecule has 0 saturated carbocycles. The average Bonchev–Trinajstić information content (AvgIpc) is 2.60. The van der Waals surface area contributed by atoms with Crippen molar-refractivity contribution in [2.45, 2.75) is 9.79 Å². The van der Waals surface area contributed by atoms with E-state index in [0.29, 0.717) is 0 Å². The fourth-order valence-corrected chi connectivity index (χ4v) is 4.10. The number of nitriles is 1. The Bertz CT molecular complexity index is 1110. The monoisotopic (exact) mass is 393 g/mol. The van der Waals surface area contributed by atoms with Crippen LogP contribution in [0.25, 0.3) is 0 Å². The number of nitro groups is 1. The molecule has 0 unspecified atom stereocenters. The summed E-state index contributed by atoms with van der Waals surface area (Å²) in [5.74, 6) is 0. The van der Waals surface area contributed by atoms with Crippen molar-refractivity contribution in [1.82, 2.24) is 0 Å². The number of nitrogens with zero attached hydrogens (tertiary/aromatic N) is 2. The van der Waals surface area contributed by atoms with E-state index in [2.05, 4.69) is 4.72 Å². The highest BCUT2D eigenvalue weighted by Gasteiger charge is 2.25. The minimum atomic E-state index is -4.25. The topological polar surface area (TPSA) is 147 Å². The quantitative estimate of drug-likeness (QED) is 0.449. The summed E-state index contributed by atoms with van der Waals surface area (Å²) in [6.07, 6.45) is 0.806. The molecular formula is C15H11N3O6S2. The Kier molecular flexibility index (Phi) is 5.39. The second-order valence-corrected chi connectivity index (χ2v) is 8.32. The van der Waals surface area contributed by atoms with Gasteiger partial charge in [-0.05, 0) is 30.3 Å². The Morgan fingerprint density at radius 3 is 2.23 bits per heavy atom. The van der Waals surface area contributed by atoms with E-state index in [9.17, 15) is 26.9 Å². The fraction of sp³-hybridized carbons (Fsp3) is 0. The van der Waals surface area contributed by atoms with Gasteiger partial charge in [0.1, 0.15) is 0 Å². The lowest BCUT2D eigenvalue weighted by atomic mass is 10.3. The number of nitrogens with one attached hydrogen (secondary N) is 1. The minimum absolute atomic E-state index is 0.0198. The van der Waals surface area contributed by atoms with Crippen molar-refractivity contribution in [3.8, 4) is 6.07 Å². The van der Waals surface area contributed by atoms with Crippen molar-refractivity contribution in [2.75, 3.05) is 4.72 Å². The smallest absolute Gasteiger partial charge is 0.279 e. The molecule has 9 nitrogen and oxygen atoms in total. The highest BCUT2D eigenvalue weighted by Crippen LogP contribution is 2.25. The van der Waals surface area contributed by atoms with Gasteiger partial charge in [-0.2, -0.15) is 5.26 Å². The van der Waals surface area contributed by atoms with Crippen LogP contribution in [-0.2, 0) is 19.9 Å². The number of hydrogen-bond acceptors (Lipinski definition) is 7. The predicted octanol–water partition coefficient (Wildman–Crippen LogP) is 2.21. The molecule has 0 heterocycles. The average molecular weight is 393 g/mol. The van der Waals surface area contributed by atoms with Gasteiger partial charge >= 0.3 is 0 Å². The Morgan fingerprint density at radius 2 is 1.65 bits per heavy atom. The number of rotatable bonds is 6. The highest BCUT2D eigenvalue weighted by molar-refractivity contribution is 7.94. The molecular weight excluding hydrogens is 382 g/mol. The Hall–Kier alpha value is -3.23. The molecule has 0 aliphatic carbocycles. The first-order valence-corrected chi connectivity index (χ1v) is 9.88. The van der Waals surface area contributed by atoms with Gasteiger partial charge in [-0.1, -0.05) is 12.1 Å². The number of sulfone groups is 1. The lowest BCUT2D eigenvalue weighted by Gasteiger charge is -2.09. The molecule has 2 aromatic carbocycles. The zero-order valence-corrected chi connectivity index (χ0v) is 14.6. The van der Waals surface area contributed by atoms with Gasteiger partial charge < -0.3 is 0 Å². The molecule has 0 saturated heterocycles. The summed E-state index contributed by atoms with van der Waals surface area (Å²) >= 11 is 0. The molecule has 0 atom stereocenters. The van der Waals surface area contributed by atoms with E-state index < -0.39 is 35.4 Å². The van der Waals surface area contributed by atoms with E-state index in [0.717, 1.165) is 35.7 Å². The van der Waals surface area contributed by atoms with E-state index in [4.69, 9.17) is 5.26 Å². The molecule has 0 radical (unpaired) electrons.